The van der Waals surface area contributed by atoms with Crippen LogP contribution in [0.5, 0.6) is 0 Å². The molecule has 2 heterocycles. The molecule has 0 amide bonds. The molecule has 0 atom stereocenters. The van der Waals surface area contributed by atoms with Crippen LogP contribution in [-0.4, -0.2) is 37.0 Å². The van der Waals surface area contributed by atoms with Gasteiger partial charge in [0.1, 0.15) is 0 Å². The fourth-order valence-electron chi connectivity index (χ4n) is 1.38. The van der Waals surface area contributed by atoms with Crippen LogP contribution in [0, 0.1) is 0 Å². The van der Waals surface area contributed by atoms with E-state index in [1.54, 1.807) is 0 Å². The summed E-state index contributed by atoms with van der Waals surface area (Å²) >= 11 is 0. The van der Waals surface area contributed by atoms with Crippen LogP contribution < -0.4 is 0 Å². The van der Waals surface area contributed by atoms with E-state index in [1.165, 1.54) is 33.4 Å². The van der Waals surface area contributed by atoms with E-state index in [0.717, 1.165) is 0 Å². The smallest absolute Gasteiger partial charge is 0.238 e. The molecular formula is C9H14N2O4S2. The Morgan fingerprint density at radius 1 is 0.647 bits per heavy atom. The molecule has 0 saturated heterocycles. The second-order valence-electron chi connectivity index (χ2n) is 3.95. The van der Waals surface area contributed by atoms with E-state index in [2.05, 4.69) is 0 Å². The Labute approximate surface area is 101 Å². The van der Waals surface area contributed by atoms with Gasteiger partial charge in [-0.05, 0) is 12.8 Å². The standard InChI is InChI=1S/C9H14N2O4S2/c12-16(13,10-4-5-10)8-2-1-3-9-17(14,15)11-6-7-11/h4-7H,1-3,8-9H2. The SMILES string of the molecule is O=S(=O)(CCCCCS(=O)(=O)N1C=C1)N1C=C1. The summed E-state index contributed by atoms with van der Waals surface area (Å²) in [6, 6.07) is 0. The molecule has 17 heavy (non-hydrogen) atoms. The van der Waals surface area contributed by atoms with E-state index < -0.39 is 20.0 Å². The fraction of sp³-hybridized carbons (Fsp3) is 0.556. The molecule has 0 saturated carbocycles. The lowest BCUT2D eigenvalue weighted by Gasteiger charge is -2.06. The molecule has 0 spiro atoms. The highest BCUT2D eigenvalue weighted by molar-refractivity contribution is 7.89. The van der Waals surface area contributed by atoms with Crippen molar-refractivity contribution in [3.05, 3.63) is 24.8 Å². The number of hydrogen-bond donors (Lipinski definition) is 0. The molecule has 6 nitrogen and oxygen atoms in total. The third-order valence-corrected chi connectivity index (χ3v) is 5.87. The Morgan fingerprint density at radius 2 is 1.00 bits per heavy atom. The number of sulfonamides is 2. The van der Waals surface area contributed by atoms with Crippen molar-refractivity contribution >= 4 is 20.0 Å². The van der Waals surface area contributed by atoms with E-state index in [0.29, 0.717) is 19.3 Å². The lowest BCUT2D eigenvalue weighted by molar-refractivity contribution is 0.560. The Hall–Kier alpha value is -1.02. The maximum Gasteiger partial charge on any atom is 0.238 e. The first-order chi connectivity index (χ1) is 7.92. The molecule has 2 aliphatic heterocycles. The summed E-state index contributed by atoms with van der Waals surface area (Å²) in [4.78, 5) is 0. The first kappa shape index (κ1) is 12.4. The van der Waals surface area contributed by atoms with Crippen LogP contribution in [0.25, 0.3) is 0 Å². The first-order valence-corrected chi connectivity index (χ1v) is 8.53. The highest BCUT2D eigenvalue weighted by atomic mass is 32.2. The lowest BCUT2D eigenvalue weighted by Crippen LogP contribution is -2.17. The summed E-state index contributed by atoms with van der Waals surface area (Å²) in [6.07, 6.45) is 7.54. The zero-order valence-electron chi connectivity index (χ0n) is 9.19. The number of nitrogens with zero attached hydrogens (tertiary/aromatic N) is 2. The van der Waals surface area contributed by atoms with Crippen molar-refractivity contribution in [2.45, 2.75) is 19.3 Å². The van der Waals surface area contributed by atoms with Crippen LogP contribution in [0.1, 0.15) is 19.3 Å². The van der Waals surface area contributed by atoms with Crippen LogP contribution in [-0.2, 0) is 20.0 Å². The van der Waals surface area contributed by atoms with Crippen molar-refractivity contribution in [1.82, 2.24) is 8.61 Å². The summed E-state index contributed by atoms with van der Waals surface area (Å²) < 4.78 is 48.0. The molecule has 0 radical (unpaired) electrons. The lowest BCUT2D eigenvalue weighted by atomic mass is 10.3. The predicted molar refractivity (Wildman–Crippen MR) is 63.4 cm³/mol. The topological polar surface area (TPSA) is 74.3 Å². The molecule has 0 aromatic heterocycles. The van der Waals surface area contributed by atoms with Gasteiger partial charge in [-0.3, -0.25) is 0 Å². The van der Waals surface area contributed by atoms with Gasteiger partial charge in [-0.2, -0.15) is 0 Å². The Balaban J connectivity index is 1.60. The van der Waals surface area contributed by atoms with E-state index in [4.69, 9.17) is 0 Å². The van der Waals surface area contributed by atoms with Crippen molar-refractivity contribution < 1.29 is 16.8 Å². The van der Waals surface area contributed by atoms with E-state index in [9.17, 15) is 16.8 Å². The van der Waals surface area contributed by atoms with Gasteiger partial charge in [-0.25, -0.2) is 25.4 Å². The zero-order chi connectivity index (χ0) is 12.5. The second kappa shape index (κ2) is 4.34. The summed E-state index contributed by atoms with van der Waals surface area (Å²) in [5, 5.41) is 0. The number of unbranched alkanes of at least 4 members (excludes halogenated alkanes) is 2. The van der Waals surface area contributed by atoms with Gasteiger partial charge >= 0.3 is 0 Å². The minimum absolute atomic E-state index is 0.0714. The van der Waals surface area contributed by atoms with Crippen molar-refractivity contribution in [2.75, 3.05) is 11.5 Å². The van der Waals surface area contributed by atoms with Crippen LogP contribution >= 0.6 is 0 Å². The molecule has 2 aliphatic rings. The average molecular weight is 278 g/mol. The predicted octanol–water partition coefficient (Wildman–Crippen LogP) is 0.390. The Bertz CT molecular complexity index is 486. The molecule has 0 fully saturated rings. The van der Waals surface area contributed by atoms with Gasteiger partial charge in [0.25, 0.3) is 0 Å². The fourth-order valence-corrected chi connectivity index (χ4v) is 3.79. The summed E-state index contributed by atoms with van der Waals surface area (Å²) in [7, 11) is -6.31. The van der Waals surface area contributed by atoms with Crippen molar-refractivity contribution in [1.29, 1.82) is 0 Å². The minimum atomic E-state index is -3.16. The minimum Gasteiger partial charge on any atom is -0.250 e. The number of hydrogen-bond acceptors (Lipinski definition) is 4. The van der Waals surface area contributed by atoms with Crippen molar-refractivity contribution in [3.8, 4) is 0 Å². The highest BCUT2D eigenvalue weighted by Crippen LogP contribution is 2.18. The zero-order valence-corrected chi connectivity index (χ0v) is 10.8. The highest BCUT2D eigenvalue weighted by Gasteiger charge is 2.24. The third kappa shape index (κ3) is 3.47. The first-order valence-electron chi connectivity index (χ1n) is 5.31. The van der Waals surface area contributed by atoms with Gasteiger partial charge in [-0.1, -0.05) is 6.42 Å². The monoisotopic (exact) mass is 278 g/mol. The van der Waals surface area contributed by atoms with Crippen LogP contribution in [0.2, 0.25) is 0 Å². The molecule has 0 N–H and O–H groups in total. The number of rotatable bonds is 8. The molecular weight excluding hydrogens is 264 g/mol. The average Bonchev–Trinajstić information content (AvgIpc) is 3.04. The maximum atomic E-state index is 11.4. The van der Waals surface area contributed by atoms with Gasteiger partial charge in [0.2, 0.25) is 20.0 Å². The van der Waals surface area contributed by atoms with Crippen LogP contribution in [0.15, 0.2) is 24.8 Å². The van der Waals surface area contributed by atoms with Gasteiger partial charge in [0, 0.05) is 24.8 Å². The molecule has 0 aromatic rings. The Kier molecular flexibility index (Phi) is 3.17. The summed E-state index contributed by atoms with van der Waals surface area (Å²) in [5.74, 6) is 0.143. The van der Waals surface area contributed by atoms with Crippen molar-refractivity contribution in [3.63, 3.8) is 0 Å². The largest absolute Gasteiger partial charge is 0.250 e. The molecule has 0 aliphatic carbocycles. The van der Waals surface area contributed by atoms with Crippen LogP contribution in [0.4, 0.5) is 0 Å². The molecule has 96 valence electrons. The molecule has 2 rings (SSSR count). The normalized spacial score (nSPS) is 17.6. The summed E-state index contributed by atoms with van der Waals surface area (Å²) in [5.41, 5.74) is 0. The van der Waals surface area contributed by atoms with Gasteiger partial charge in [0.05, 0.1) is 11.5 Å². The van der Waals surface area contributed by atoms with Crippen molar-refractivity contribution in [2.24, 2.45) is 0 Å². The van der Waals surface area contributed by atoms with E-state index >= 15 is 0 Å². The van der Waals surface area contributed by atoms with E-state index in [1.807, 2.05) is 0 Å². The molecule has 0 bridgehead atoms. The molecule has 0 unspecified atom stereocenters. The third-order valence-electron chi connectivity index (χ3n) is 2.49. The molecule has 0 aromatic carbocycles. The second-order valence-corrected chi connectivity index (χ2v) is 7.94. The van der Waals surface area contributed by atoms with Crippen LogP contribution in [0.3, 0.4) is 0 Å². The van der Waals surface area contributed by atoms with Gasteiger partial charge in [-0.15, -0.1) is 0 Å². The van der Waals surface area contributed by atoms with Gasteiger partial charge in [0.15, 0.2) is 0 Å². The quantitative estimate of drug-likeness (QED) is 0.602. The van der Waals surface area contributed by atoms with E-state index in [-0.39, 0.29) is 11.5 Å². The maximum absolute atomic E-state index is 11.4. The Morgan fingerprint density at radius 3 is 1.29 bits per heavy atom. The van der Waals surface area contributed by atoms with Gasteiger partial charge < -0.3 is 0 Å². The molecule has 8 heteroatoms. The summed E-state index contributed by atoms with van der Waals surface area (Å²) in [6.45, 7) is 0.